The van der Waals surface area contributed by atoms with Gasteiger partial charge in [0.05, 0.1) is 22.2 Å². The molecule has 0 saturated carbocycles. The number of hydrogen-bond donors (Lipinski definition) is 1. The van der Waals surface area contributed by atoms with E-state index in [0.29, 0.717) is 6.04 Å². The van der Waals surface area contributed by atoms with E-state index in [1.807, 2.05) is 31.2 Å². The fourth-order valence-electron chi connectivity index (χ4n) is 1.92. The van der Waals surface area contributed by atoms with Gasteiger partial charge in [-0.3, -0.25) is 4.68 Å². The van der Waals surface area contributed by atoms with E-state index in [4.69, 9.17) is 0 Å². The molecule has 0 aliphatic rings. The van der Waals surface area contributed by atoms with E-state index in [9.17, 15) is 0 Å². The Morgan fingerprint density at radius 2 is 2.28 bits per heavy atom. The molecule has 2 aromatic heterocycles. The highest BCUT2D eigenvalue weighted by Gasteiger charge is 2.11. The highest BCUT2D eigenvalue weighted by atomic mass is 79.9. The molecule has 2 aromatic rings. The average Bonchev–Trinajstić information content (AvgIpc) is 2.88. The normalized spacial score (nSPS) is 12.9. The minimum atomic E-state index is 0.376. The molecule has 2 heterocycles. The lowest BCUT2D eigenvalue weighted by Gasteiger charge is -2.14. The molecule has 5 nitrogen and oxygen atoms in total. The van der Waals surface area contributed by atoms with Crippen LogP contribution in [-0.4, -0.2) is 25.4 Å². The van der Waals surface area contributed by atoms with Crippen LogP contribution in [0.3, 0.4) is 0 Å². The molecule has 0 spiro atoms. The van der Waals surface area contributed by atoms with Crippen molar-refractivity contribution in [3.8, 4) is 0 Å². The lowest BCUT2D eigenvalue weighted by atomic mass is 10.3. The van der Waals surface area contributed by atoms with Gasteiger partial charge in [-0.05, 0) is 29.8 Å². The third-order valence-electron chi connectivity index (χ3n) is 2.92. The number of hydrogen-bond acceptors (Lipinski definition) is 3. The Bertz CT molecular complexity index is 503. The molecule has 0 aromatic carbocycles. The Labute approximate surface area is 115 Å². The van der Waals surface area contributed by atoms with Crippen LogP contribution < -0.4 is 5.32 Å². The second-order valence-electron chi connectivity index (χ2n) is 4.51. The maximum Gasteiger partial charge on any atom is 0.0946 e. The molecule has 0 aliphatic heterocycles. The van der Waals surface area contributed by atoms with Gasteiger partial charge in [-0.1, -0.05) is 0 Å². The van der Waals surface area contributed by atoms with E-state index in [2.05, 4.69) is 42.8 Å². The molecule has 1 atom stereocenters. The summed E-state index contributed by atoms with van der Waals surface area (Å²) in [5.74, 6) is 0. The zero-order valence-corrected chi connectivity index (χ0v) is 12.5. The minimum Gasteiger partial charge on any atom is -0.336 e. The molecule has 0 radical (unpaired) electrons. The van der Waals surface area contributed by atoms with E-state index < -0.39 is 0 Å². The second kappa shape index (κ2) is 5.67. The van der Waals surface area contributed by atoms with Crippen LogP contribution in [-0.2, 0) is 20.1 Å². The number of imidazole rings is 1. The largest absolute Gasteiger partial charge is 0.336 e. The molecular weight excluding hydrogens is 294 g/mol. The summed E-state index contributed by atoms with van der Waals surface area (Å²) in [5.41, 5.74) is 2.20. The van der Waals surface area contributed by atoms with E-state index in [1.165, 1.54) is 5.69 Å². The number of halogens is 1. The third-order valence-corrected chi connectivity index (χ3v) is 3.95. The van der Waals surface area contributed by atoms with Gasteiger partial charge in [-0.2, -0.15) is 5.10 Å². The first kappa shape index (κ1) is 13.3. The monoisotopic (exact) mass is 311 g/mol. The second-order valence-corrected chi connectivity index (χ2v) is 5.30. The summed E-state index contributed by atoms with van der Waals surface area (Å²) in [5, 5.41) is 7.87. The van der Waals surface area contributed by atoms with Crippen LogP contribution in [0.2, 0.25) is 0 Å². The molecule has 0 aliphatic carbocycles. The number of nitrogens with zero attached hydrogens (tertiary/aromatic N) is 4. The molecular formula is C12H18BrN5. The Morgan fingerprint density at radius 3 is 2.83 bits per heavy atom. The molecule has 2 rings (SSSR count). The number of rotatable bonds is 5. The summed E-state index contributed by atoms with van der Waals surface area (Å²) in [6, 6.07) is 0.376. The van der Waals surface area contributed by atoms with Crippen molar-refractivity contribution >= 4 is 15.9 Å². The lowest BCUT2D eigenvalue weighted by molar-refractivity contribution is 0.466. The van der Waals surface area contributed by atoms with Crippen LogP contribution in [0.15, 0.2) is 23.2 Å². The number of nitrogens with one attached hydrogen (secondary N) is 1. The molecule has 0 fully saturated rings. The number of aromatic nitrogens is 4. The van der Waals surface area contributed by atoms with E-state index in [-0.39, 0.29) is 0 Å². The topological polar surface area (TPSA) is 47.7 Å². The highest BCUT2D eigenvalue weighted by molar-refractivity contribution is 9.10. The van der Waals surface area contributed by atoms with Gasteiger partial charge in [0.1, 0.15) is 0 Å². The zero-order valence-electron chi connectivity index (χ0n) is 10.9. The van der Waals surface area contributed by atoms with Gasteiger partial charge in [-0.25, -0.2) is 4.98 Å². The standard InChI is InChI=1S/C12H18BrN5/c1-9(7-18-5-4-14-8-18)15-6-11-12(13)10(2)16-17(11)3/h4-5,8-9,15H,6-7H2,1-3H3. The van der Waals surface area contributed by atoms with Gasteiger partial charge in [0.25, 0.3) is 0 Å². The van der Waals surface area contributed by atoms with Crippen molar-refractivity contribution in [3.05, 3.63) is 34.6 Å². The lowest BCUT2D eigenvalue weighted by Crippen LogP contribution is -2.30. The van der Waals surface area contributed by atoms with Crippen molar-refractivity contribution in [3.63, 3.8) is 0 Å². The van der Waals surface area contributed by atoms with Crippen molar-refractivity contribution in [1.29, 1.82) is 0 Å². The first-order valence-corrected chi connectivity index (χ1v) is 6.74. The van der Waals surface area contributed by atoms with Crippen LogP contribution in [0.5, 0.6) is 0 Å². The predicted octanol–water partition coefficient (Wildman–Crippen LogP) is 1.87. The molecule has 1 unspecified atom stereocenters. The van der Waals surface area contributed by atoms with Gasteiger partial charge in [0, 0.05) is 38.6 Å². The molecule has 0 saturated heterocycles. The average molecular weight is 312 g/mol. The van der Waals surface area contributed by atoms with E-state index >= 15 is 0 Å². The maximum atomic E-state index is 4.38. The number of aryl methyl sites for hydroxylation is 2. The quantitative estimate of drug-likeness (QED) is 0.917. The Hall–Kier alpha value is -1.14. The molecule has 18 heavy (non-hydrogen) atoms. The fourth-order valence-corrected chi connectivity index (χ4v) is 2.39. The fraction of sp³-hybridized carbons (Fsp3) is 0.500. The van der Waals surface area contributed by atoms with Crippen LogP contribution in [0.4, 0.5) is 0 Å². The molecule has 0 amide bonds. The predicted molar refractivity (Wildman–Crippen MR) is 74.2 cm³/mol. The Balaban J connectivity index is 1.91. The van der Waals surface area contributed by atoms with Crippen LogP contribution >= 0.6 is 15.9 Å². The first-order chi connectivity index (χ1) is 8.58. The van der Waals surface area contributed by atoms with Gasteiger partial charge < -0.3 is 9.88 Å². The van der Waals surface area contributed by atoms with E-state index in [0.717, 1.165) is 23.3 Å². The van der Waals surface area contributed by atoms with E-state index in [1.54, 1.807) is 6.20 Å². The summed E-state index contributed by atoms with van der Waals surface area (Å²) in [6.07, 6.45) is 5.61. The van der Waals surface area contributed by atoms with Gasteiger partial charge in [0.15, 0.2) is 0 Å². The van der Waals surface area contributed by atoms with Gasteiger partial charge in [0.2, 0.25) is 0 Å². The van der Waals surface area contributed by atoms with Crippen LogP contribution in [0, 0.1) is 6.92 Å². The van der Waals surface area contributed by atoms with Gasteiger partial charge in [-0.15, -0.1) is 0 Å². The smallest absolute Gasteiger partial charge is 0.0946 e. The summed E-state index contributed by atoms with van der Waals surface area (Å²) >= 11 is 3.57. The Kier molecular flexibility index (Phi) is 4.19. The SMILES string of the molecule is Cc1nn(C)c(CNC(C)Cn2ccnc2)c1Br. The first-order valence-electron chi connectivity index (χ1n) is 5.95. The van der Waals surface area contributed by atoms with Crippen molar-refractivity contribution < 1.29 is 0 Å². The molecule has 6 heteroatoms. The summed E-state index contributed by atoms with van der Waals surface area (Å²) in [4.78, 5) is 4.04. The van der Waals surface area contributed by atoms with Crippen molar-refractivity contribution in [1.82, 2.24) is 24.6 Å². The Morgan fingerprint density at radius 1 is 1.50 bits per heavy atom. The summed E-state index contributed by atoms with van der Waals surface area (Å²) in [7, 11) is 1.97. The summed E-state index contributed by atoms with van der Waals surface area (Å²) < 4.78 is 5.07. The molecule has 1 N–H and O–H groups in total. The van der Waals surface area contributed by atoms with Crippen LogP contribution in [0.1, 0.15) is 18.3 Å². The van der Waals surface area contributed by atoms with Crippen molar-refractivity contribution in [2.24, 2.45) is 7.05 Å². The minimum absolute atomic E-state index is 0.376. The maximum absolute atomic E-state index is 4.38. The molecule has 98 valence electrons. The van der Waals surface area contributed by atoms with Gasteiger partial charge >= 0.3 is 0 Å². The van der Waals surface area contributed by atoms with Crippen molar-refractivity contribution in [2.45, 2.75) is 33.0 Å². The highest BCUT2D eigenvalue weighted by Crippen LogP contribution is 2.19. The molecule has 0 bridgehead atoms. The van der Waals surface area contributed by atoms with Crippen LogP contribution in [0.25, 0.3) is 0 Å². The van der Waals surface area contributed by atoms with Crippen molar-refractivity contribution in [2.75, 3.05) is 0 Å². The summed E-state index contributed by atoms with van der Waals surface area (Å²) in [6.45, 7) is 5.88. The zero-order chi connectivity index (χ0) is 13.1. The third kappa shape index (κ3) is 3.00.